The minimum atomic E-state index is -0.572. The monoisotopic (exact) mass is 415 g/mol. The van der Waals surface area contributed by atoms with E-state index in [1.807, 2.05) is 85.8 Å². The number of esters is 1. The third kappa shape index (κ3) is 6.57. The molecule has 3 aromatic rings. The summed E-state index contributed by atoms with van der Waals surface area (Å²) in [6.07, 6.45) is 2.98. The lowest BCUT2D eigenvalue weighted by Crippen LogP contribution is -2.32. The van der Waals surface area contributed by atoms with Crippen LogP contribution in [0.25, 0.3) is 6.08 Å². The van der Waals surface area contributed by atoms with Gasteiger partial charge in [-0.05, 0) is 41.8 Å². The minimum absolute atomic E-state index is 0.365. The summed E-state index contributed by atoms with van der Waals surface area (Å²) in [5, 5.41) is 2.94. The summed E-state index contributed by atoms with van der Waals surface area (Å²) in [5.41, 5.74) is 3.81. The summed E-state index contributed by atoms with van der Waals surface area (Å²) in [6.45, 7) is 1.61. The Morgan fingerprint density at radius 2 is 1.65 bits per heavy atom. The first-order chi connectivity index (χ1) is 15.0. The van der Waals surface area contributed by atoms with Crippen LogP contribution in [0.4, 0.5) is 0 Å². The number of hydrogen-bond acceptors (Lipinski definition) is 4. The van der Waals surface area contributed by atoms with Crippen LogP contribution in [-0.2, 0) is 14.3 Å². The van der Waals surface area contributed by atoms with Gasteiger partial charge in [0.05, 0.1) is 13.2 Å². The van der Waals surface area contributed by atoms with Crippen molar-refractivity contribution in [2.75, 3.05) is 13.7 Å². The Morgan fingerprint density at radius 1 is 0.935 bits per heavy atom. The zero-order valence-corrected chi connectivity index (χ0v) is 17.6. The molecule has 0 saturated carbocycles. The number of carbonyl (C=O) groups excluding carboxylic acids is 2. The summed E-state index contributed by atoms with van der Waals surface area (Å²) in [5.74, 6) is -0.226. The van der Waals surface area contributed by atoms with Crippen molar-refractivity contribution >= 4 is 18.0 Å². The van der Waals surface area contributed by atoms with E-state index in [4.69, 9.17) is 9.47 Å². The van der Waals surface area contributed by atoms with Crippen molar-refractivity contribution < 1.29 is 19.1 Å². The first-order valence-corrected chi connectivity index (χ1v) is 9.95. The van der Waals surface area contributed by atoms with E-state index in [1.54, 1.807) is 13.2 Å². The van der Waals surface area contributed by atoms with Gasteiger partial charge < -0.3 is 14.8 Å². The van der Waals surface area contributed by atoms with Crippen molar-refractivity contribution in [3.8, 4) is 5.75 Å². The Labute approximate surface area is 182 Å². The van der Waals surface area contributed by atoms with Crippen molar-refractivity contribution in [1.82, 2.24) is 5.32 Å². The number of hydrogen-bond donors (Lipinski definition) is 1. The molecule has 1 N–H and O–H groups in total. The topological polar surface area (TPSA) is 64.6 Å². The molecule has 0 fully saturated rings. The lowest BCUT2D eigenvalue weighted by atomic mass is 9.98. The van der Waals surface area contributed by atoms with Gasteiger partial charge >= 0.3 is 5.97 Å². The van der Waals surface area contributed by atoms with Gasteiger partial charge in [0.2, 0.25) is 0 Å². The van der Waals surface area contributed by atoms with Crippen LogP contribution in [0.3, 0.4) is 0 Å². The van der Waals surface area contributed by atoms with Crippen LogP contribution in [0.2, 0.25) is 0 Å². The summed E-state index contributed by atoms with van der Waals surface area (Å²) in [6, 6.07) is 24.4. The van der Waals surface area contributed by atoms with Gasteiger partial charge in [-0.3, -0.25) is 4.79 Å². The largest absolute Gasteiger partial charge is 0.497 e. The molecule has 3 rings (SSSR count). The second-order valence-electron chi connectivity index (χ2n) is 7.04. The molecule has 0 spiro atoms. The summed E-state index contributed by atoms with van der Waals surface area (Å²) in [7, 11) is 1.60. The smallest absolute Gasteiger partial charge is 0.331 e. The SMILES string of the molecule is COc1ccc([C@H](NC(=O)COC(=O)/C=C/c2cccc(C)c2)c2ccccc2)cc1. The molecular formula is C26H25NO4. The number of benzene rings is 3. The van der Waals surface area contributed by atoms with Crippen molar-refractivity contribution in [3.63, 3.8) is 0 Å². The van der Waals surface area contributed by atoms with E-state index in [0.29, 0.717) is 0 Å². The van der Waals surface area contributed by atoms with Gasteiger partial charge in [-0.2, -0.15) is 0 Å². The Balaban J connectivity index is 1.63. The van der Waals surface area contributed by atoms with Crippen LogP contribution >= 0.6 is 0 Å². The summed E-state index contributed by atoms with van der Waals surface area (Å²) >= 11 is 0. The molecule has 3 aromatic carbocycles. The molecule has 0 unspecified atom stereocenters. The molecule has 1 amide bonds. The molecule has 0 aromatic heterocycles. The van der Waals surface area contributed by atoms with Crippen LogP contribution in [0.15, 0.2) is 84.9 Å². The summed E-state index contributed by atoms with van der Waals surface area (Å²) in [4.78, 5) is 24.5. The summed E-state index contributed by atoms with van der Waals surface area (Å²) < 4.78 is 10.3. The predicted octanol–water partition coefficient (Wildman–Crippen LogP) is 4.47. The van der Waals surface area contributed by atoms with Crippen LogP contribution in [0.5, 0.6) is 5.75 Å². The van der Waals surface area contributed by atoms with Gasteiger partial charge in [0, 0.05) is 6.08 Å². The van der Waals surface area contributed by atoms with Gasteiger partial charge in [0.1, 0.15) is 5.75 Å². The lowest BCUT2D eigenvalue weighted by Gasteiger charge is -2.20. The number of methoxy groups -OCH3 is 1. The van der Waals surface area contributed by atoms with Gasteiger partial charge in [-0.25, -0.2) is 4.79 Å². The molecule has 0 saturated heterocycles. The van der Waals surface area contributed by atoms with E-state index in [1.165, 1.54) is 6.08 Å². The van der Waals surface area contributed by atoms with E-state index in [9.17, 15) is 9.59 Å². The van der Waals surface area contributed by atoms with Crippen LogP contribution in [-0.4, -0.2) is 25.6 Å². The van der Waals surface area contributed by atoms with Crippen molar-refractivity contribution in [1.29, 1.82) is 0 Å². The average Bonchev–Trinajstić information content (AvgIpc) is 2.80. The van der Waals surface area contributed by atoms with Crippen molar-refractivity contribution in [2.24, 2.45) is 0 Å². The fourth-order valence-corrected chi connectivity index (χ4v) is 3.13. The molecule has 0 heterocycles. The highest BCUT2D eigenvalue weighted by molar-refractivity contribution is 5.89. The molecule has 0 radical (unpaired) electrons. The van der Waals surface area contributed by atoms with Gasteiger partial charge in [-0.1, -0.05) is 72.3 Å². The zero-order chi connectivity index (χ0) is 22.1. The second-order valence-corrected chi connectivity index (χ2v) is 7.04. The number of amides is 1. The Kier molecular flexibility index (Phi) is 7.60. The number of nitrogens with one attached hydrogen (secondary N) is 1. The van der Waals surface area contributed by atoms with E-state index in [0.717, 1.165) is 28.0 Å². The fourth-order valence-electron chi connectivity index (χ4n) is 3.13. The average molecular weight is 415 g/mol. The third-order valence-electron chi connectivity index (χ3n) is 4.69. The highest BCUT2D eigenvalue weighted by atomic mass is 16.5. The standard InChI is InChI=1S/C26H25NO4/c1-19-7-6-8-20(17-19)11-16-25(29)31-18-24(28)27-26(21-9-4-3-5-10-21)22-12-14-23(30-2)15-13-22/h3-17,26H,18H2,1-2H3,(H,27,28)/b16-11+/t26-/m1/s1. The molecule has 0 aliphatic heterocycles. The fraction of sp³-hybridized carbons (Fsp3) is 0.154. The maximum absolute atomic E-state index is 12.5. The maximum Gasteiger partial charge on any atom is 0.331 e. The number of ether oxygens (including phenoxy) is 2. The zero-order valence-electron chi connectivity index (χ0n) is 17.6. The van der Waals surface area contributed by atoms with Crippen LogP contribution in [0, 0.1) is 6.92 Å². The van der Waals surface area contributed by atoms with Crippen LogP contribution < -0.4 is 10.1 Å². The van der Waals surface area contributed by atoms with E-state index >= 15 is 0 Å². The molecule has 1 atom stereocenters. The van der Waals surface area contributed by atoms with Crippen molar-refractivity contribution in [3.05, 3.63) is 107 Å². The van der Waals surface area contributed by atoms with Crippen LogP contribution in [0.1, 0.15) is 28.3 Å². The van der Waals surface area contributed by atoms with Crippen molar-refractivity contribution in [2.45, 2.75) is 13.0 Å². The molecule has 0 aliphatic rings. The Bertz CT molecular complexity index is 1040. The molecule has 0 aliphatic carbocycles. The molecule has 5 nitrogen and oxygen atoms in total. The third-order valence-corrected chi connectivity index (χ3v) is 4.69. The Morgan fingerprint density at radius 3 is 2.32 bits per heavy atom. The van der Waals surface area contributed by atoms with Gasteiger partial charge in [0.15, 0.2) is 6.61 Å². The number of carbonyl (C=O) groups is 2. The quantitative estimate of drug-likeness (QED) is 0.436. The molecule has 5 heteroatoms. The number of rotatable bonds is 8. The highest BCUT2D eigenvalue weighted by Gasteiger charge is 2.17. The van der Waals surface area contributed by atoms with Gasteiger partial charge in [0.25, 0.3) is 5.91 Å². The highest BCUT2D eigenvalue weighted by Crippen LogP contribution is 2.24. The minimum Gasteiger partial charge on any atom is -0.497 e. The lowest BCUT2D eigenvalue weighted by molar-refractivity contribution is -0.143. The van der Waals surface area contributed by atoms with E-state index in [-0.39, 0.29) is 18.6 Å². The maximum atomic E-state index is 12.5. The second kappa shape index (κ2) is 10.8. The molecule has 31 heavy (non-hydrogen) atoms. The first-order valence-electron chi connectivity index (χ1n) is 9.95. The first kappa shape index (κ1) is 21.8. The van der Waals surface area contributed by atoms with Gasteiger partial charge in [-0.15, -0.1) is 0 Å². The predicted molar refractivity (Wildman–Crippen MR) is 121 cm³/mol. The molecular weight excluding hydrogens is 390 g/mol. The molecule has 158 valence electrons. The number of aryl methyl sites for hydroxylation is 1. The van der Waals surface area contributed by atoms with E-state index < -0.39 is 5.97 Å². The normalized spacial score (nSPS) is 11.7. The Hall–Kier alpha value is -3.86. The molecule has 0 bridgehead atoms. The van der Waals surface area contributed by atoms with E-state index in [2.05, 4.69) is 5.32 Å².